The molecule has 0 bridgehead atoms. The van der Waals surface area contributed by atoms with Crippen molar-refractivity contribution in [1.29, 1.82) is 5.26 Å². The van der Waals surface area contributed by atoms with Gasteiger partial charge in [0, 0.05) is 18.3 Å². The minimum Gasteiger partial charge on any atom is -0.338 e. The van der Waals surface area contributed by atoms with Crippen molar-refractivity contribution in [3.05, 3.63) is 72.1 Å². The van der Waals surface area contributed by atoms with E-state index < -0.39 is 29.2 Å². The predicted octanol–water partition coefficient (Wildman–Crippen LogP) is 1.31. The zero-order valence-electron chi connectivity index (χ0n) is 16.3. The monoisotopic (exact) mass is 419 g/mol. The van der Waals surface area contributed by atoms with E-state index in [9.17, 15) is 19.2 Å². The molecule has 1 saturated carbocycles. The summed E-state index contributed by atoms with van der Waals surface area (Å²) in [6.45, 7) is 0. The number of nitrogens with zero attached hydrogens (tertiary/aromatic N) is 5. The number of carbonyl (C=O) groups is 2. The fourth-order valence-electron chi connectivity index (χ4n) is 2.95. The second-order valence-corrected chi connectivity index (χ2v) is 7.23. The number of halogens is 1. The lowest BCUT2D eigenvalue weighted by atomic mass is 10.1. The van der Waals surface area contributed by atoms with Gasteiger partial charge in [0.1, 0.15) is 17.4 Å². The number of carbonyl (C=O) groups excluding carboxylic acids is 2. The van der Waals surface area contributed by atoms with Gasteiger partial charge in [0.15, 0.2) is 5.69 Å². The molecule has 4 rings (SSSR count). The van der Waals surface area contributed by atoms with Crippen LogP contribution in [-0.2, 0) is 11.2 Å². The van der Waals surface area contributed by atoms with Crippen LogP contribution < -0.4 is 10.6 Å². The number of amides is 2. The molecule has 0 unspecified atom stereocenters. The molecule has 1 aliphatic rings. The second-order valence-electron chi connectivity index (χ2n) is 7.23. The van der Waals surface area contributed by atoms with Crippen LogP contribution in [0.4, 0.5) is 4.39 Å². The number of benzene rings is 1. The summed E-state index contributed by atoms with van der Waals surface area (Å²) in [5.41, 5.74) is 0.216. The molecule has 0 spiro atoms. The van der Waals surface area contributed by atoms with Gasteiger partial charge in [-0.2, -0.15) is 15.2 Å². The van der Waals surface area contributed by atoms with Gasteiger partial charge in [0.2, 0.25) is 5.91 Å². The van der Waals surface area contributed by atoms with E-state index in [0.29, 0.717) is 24.2 Å². The largest absolute Gasteiger partial charge is 0.338 e. The molecule has 31 heavy (non-hydrogen) atoms. The molecule has 3 aromatic rings. The molecule has 1 fully saturated rings. The molecule has 2 amide bonds. The van der Waals surface area contributed by atoms with Gasteiger partial charge in [-0.15, -0.1) is 5.10 Å². The van der Waals surface area contributed by atoms with Crippen molar-refractivity contribution in [2.45, 2.75) is 30.8 Å². The maximum absolute atomic E-state index is 13.1. The Morgan fingerprint density at radius 2 is 2.00 bits per heavy atom. The first-order valence-electron chi connectivity index (χ1n) is 9.60. The first-order valence-corrected chi connectivity index (χ1v) is 9.60. The van der Waals surface area contributed by atoms with Gasteiger partial charge < -0.3 is 10.6 Å². The summed E-state index contributed by atoms with van der Waals surface area (Å²) in [7, 11) is 0. The Morgan fingerprint density at radius 3 is 2.65 bits per heavy atom. The van der Waals surface area contributed by atoms with Crippen molar-refractivity contribution >= 4 is 11.8 Å². The molecule has 10 heteroatoms. The lowest BCUT2D eigenvalue weighted by Gasteiger charge is -2.19. The van der Waals surface area contributed by atoms with Gasteiger partial charge >= 0.3 is 0 Å². The van der Waals surface area contributed by atoms with E-state index in [-0.39, 0.29) is 12.1 Å². The maximum atomic E-state index is 13.1. The number of aromatic nitrogens is 4. The Bertz CT molecular complexity index is 1130. The highest BCUT2D eigenvalue weighted by Crippen LogP contribution is 2.34. The molecule has 1 aromatic carbocycles. The van der Waals surface area contributed by atoms with Crippen LogP contribution in [0.2, 0.25) is 0 Å². The number of pyridine rings is 1. The van der Waals surface area contributed by atoms with Crippen molar-refractivity contribution in [3.63, 3.8) is 0 Å². The average molecular weight is 419 g/mol. The second kappa shape index (κ2) is 8.31. The molecule has 2 heterocycles. The Kier molecular flexibility index (Phi) is 5.41. The van der Waals surface area contributed by atoms with Gasteiger partial charge in [-0.25, -0.2) is 4.39 Å². The highest BCUT2D eigenvalue weighted by molar-refractivity contribution is 5.96. The van der Waals surface area contributed by atoms with E-state index in [1.165, 1.54) is 35.3 Å². The minimum atomic E-state index is -0.954. The van der Waals surface area contributed by atoms with Crippen molar-refractivity contribution in [3.8, 4) is 11.8 Å². The smallest absolute Gasteiger partial charge is 0.274 e. The van der Waals surface area contributed by atoms with Gasteiger partial charge in [-0.3, -0.25) is 14.6 Å². The van der Waals surface area contributed by atoms with Crippen LogP contribution in [0.1, 0.15) is 29.0 Å². The maximum Gasteiger partial charge on any atom is 0.274 e. The predicted molar refractivity (Wildman–Crippen MR) is 106 cm³/mol. The Balaban J connectivity index is 1.50. The lowest BCUT2D eigenvalue weighted by Crippen LogP contribution is -2.51. The molecule has 2 aromatic heterocycles. The molecule has 1 aliphatic carbocycles. The van der Waals surface area contributed by atoms with E-state index in [0.717, 1.165) is 0 Å². The Labute approximate surface area is 176 Å². The molecule has 0 radical (unpaired) electrons. The van der Waals surface area contributed by atoms with Crippen LogP contribution in [0.3, 0.4) is 0 Å². The van der Waals surface area contributed by atoms with Crippen LogP contribution in [0, 0.1) is 17.1 Å². The minimum absolute atomic E-state index is 0.00966. The molecule has 0 saturated heterocycles. The molecule has 1 atom stereocenters. The molecular formula is C21H18FN7O2. The summed E-state index contributed by atoms with van der Waals surface area (Å²) in [6, 6.07) is 11.9. The first-order chi connectivity index (χ1) is 15.0. The third kappa shape index (κ3) is 4.72. The van der Waals surface area contributed by atoms with Crippen molar-refractivity contribution < 1.29 is 14.0 Å². The van der Waals surface area contributed by atoms with Crippen LogP contribution >= 0.6 is 0 Å². The zero-order chi connectivity index (χ0) is 21.8. The number of hydrogen-bond acceptors (Lipinski definition) is 6. The number of nitriles is 1. The van der Waals surface area contributed by atoms with E-state index in [1.807, 2.05) is 0 Å². The van der Waals surface area contributed by atoms with Gasteiger partial charge in [-0.05, 0) is 49.2 Å². The molecule has 9 nitrogen and oxygen atoms in total. The normalized spacial score (nSPS) is 14.8. The topological polar surface area (TPSA) is 126 Å². The summed E-state index contributed by atoms with van der Waals surface area (Å²) >= 11 is 0. The Hall–Kier alpha value is -4.13. The summed E-state index contributed by atoms with van der Waals surface area (Å²) in [5.74, 6) is -1.47. The van der Waals surface area contributed by atoms with Crippen LogP contribution in [-0.4, -0.2) is 43.4 Å². The number of hydrogen-bond donors (Lipinski definition) is 2. The lowest BCUT2D eigenvalue weighted by molar-refractivity contribution is -0.123. The highest BCUT2D eigenvalue weighted by atomic mass is 19.1. The summed E-state index contributed by atoms with van der Waals surface area (Å²) in [4.78, 5) is 30.9. The summed E-state index contributed by atoms with van der Waals surface area (Å²) in [6.07, 6.45) is 4.15. The van der Waals surface area contributed by atoms with Crippen molar-refractivity contribution in [2.24, 2.45) is 0 Å². The third-order valence-corrected chi connectivity index (χ3v) is 4.87. The van der Waals surface area contributed by atoms with Crippen LogP contribution in [0.5, 0.6) is 0 Å². The van der Waals surface area contributed by atoms with Crippen molar-refractivity contribution in [2.75, 3.05) is 0 Å². The first kappa shape index (κ1) is 20.2. The van der Waals surface area contributed by atoms with E-state index in [4.69, 9.17) is 0 Å². The van der Waals surface area contributed by atoms with E-state index >= 15 is 0 Å². The summed E-state index contributed by atoms with van der Waals surface area (Å²) < 4.78 is 13.1. The molecular weight excluding hydrogens is 401 g/mol. The summed E-state index contributed by atoms with van der Waals surface area (Å²) in [5, 5.41) is 22.7. The van der Waals surface area contributed by atoms with Gasteiger partial charge in [0.05, 0.1) is 18.0 Å². The van der Waals surface area contributed by atoms with Gasteiger partial charge in [-0.1, -0.05) is 6.07 Å². The molecule has 156 valence electrons. The average Bonchev–Trinajstić information content (AvgIpc) is 3.37. The van der Waals surface area contributed by atoms with E-state index in [1.54, 1.807) is 24.4 Å². The SMILES string of the molecule is N#CC1(NC(=O)[C@H](Cc2ccccn2)NC(=O)c2cnn(-c3ccc(F)cc3)n2)CC1. The third-order valence-electron chi connectivity index (χ3n) is 4.87. The van der Waals surface area contributed by atoms with Gasteiger partial charge in [0.25, 0.3) is 5.91 Å². The quantitative estimate of drug-likeness (QED) is 0.595. The standard InChI is InChI=1S/C21H18FN7O2/c22-14-4-6-16(7-5-14)29-25-12-18(28-29)19(30)26-17(11-15-3-1-2-10-24-15)20(31)27-21(13-23)8-9-21/h1-7,10,12,17H,8-9,11H2,(H,26,30)(H,27,31)/t17-/m0/s1. The highest BCUT2D eigenvalue weighted by Gasteiger charge is 2.45. The zero-order valence-corrected chi connectivity index (χ0v) is 16.3. The fourth-order valence-corrected chi connectivity index (χ4v) is 2.95. The number of rotatable bonds is 7. The molecule has 2 N–H and O–H groups in total. The fraction of sp³-hybridized carbons (Fsp3) is 0.238. The van der Waals surface area contributed by atoms with Crippen LogP contribution in [0.25, 0.3) is 5.69 Å². The molecule has 0 aliphatic heterocycles. The van der Waals surface area contributed by atoms with E-state index in [2.05, 4.69) is 31.9 Å². The van der Waals surface area contributed by atoms with Crippen LogP contribution in [0.15, 0.2) is 54.9 Å². The number of nitrogens with one attached hydrogen (secondary N) is 2. The Morgan fingerprint density at radius 1 is 1.23 bits per heavy atom. The van der Waals surface area contributed by atoms with Crippen molar-refractivity contribution in [1.82, 2.24) is 30.6 Å².